The summed E-state index contributed by atoms with van der Waals surface area (Å²) in [5.41, 5.74) is 8.87. The fraction of sp³-hybridized carbons (Fsp3) is 0.182. The van der Waals surface area contributed by atoms with Crippen molar-refractivity contribution in [2.45, 2.75) is 13.5 Å². The predicted octanol–water partition coefficient (Wildman–Crippen LogP) is 2.06. The van der Waals surface area contributed by atoms with Gasteiger partial charge in [0.25, 0.3) is 0 Å². The molecular formula is C11H14ClN3. The lowest BCUT2D eigenvalue weighted by Crippen LogP contribution is -1.95. The number of nitrogens with two attached hydrogens (primary N) is 1. The lowest BCUT2D eigenvalue weighted by Gasteiger charge is -2.00. The summed E-state index contributed by atoms with van der Waals surface area (Å²) in [5, 5.41) is 4.22. The first-order chi connectivity index (χ1) is 6.79. The van der Waals surface area contributed by atoms with Crippen molar-refractivity contribution in [3.8, 4) is 5.69 Å². The van der Waals surface area contributed by atoms with Gasteiger partial charge in [-0.1, -0.05) is 17.7 Å². The summed E-state index contributed by atoms with van der Waals surface area (Å²) in [6, 6.07) is 8.23. The van der Waals surface area contributed by atoms with E-state index >= 15 is 0 Å². The van der Waals surface area contributed by atoms with Crippen molar-refractivity contribution in [2.24, 2.45) is 5.73 Å². The summed E-state index contributed by atoms with van der Waals surface area (Å²) >= 11 is 0. The van der Waals surface area contributed by atoms with E-state index in [9.17, 15) is 0 Å². The summed E-state index contributed by atoms with van der Waals surface area (Å²) in [6.07, 6.45) is 3.74. The summed E-state index contributed by atoms with van der Waals surface area (Å²) in [5.74, 6) is 0. The summed E-state index contributed by atoms with van der Waals surface area (Å²) < 4.78 is 1.83. The van der Waals surface area contributed by atoms with E-state index in [0.29, 0.717) is 6.54 Å². The molecule has 0 aliphatic carbocycles. The minimum absolute atomic E-state index is 0. The van der Waals surface area contributed by atoms with Crippen LogP contribution >= 0.6 is 12.4 Å². The van der Waals surface area contributed by atoms with Crippen molar-refractivity contribution < 1.29 is 0 Å². The molecule has 0 amide bonds. The quantitative estimate of drug-likeness (QED) is 0.847. The zero-order valence-corrected chi connectivity index (χ0v) is 9.37. The van der Waals surface area contributed by atoms with Crippen molar-refractivity contribution in [1.82, 2.24) is 9.78 Å². The van der Waals surface area contributed by atoms with Gasteiger partial charge in [0, 0.05) is 18.3 Å². The highest BCUT2D eigenvalue weighted by Crippen LogP contribution is 2.09. The van der Waals surface area contributed by atoms with Crippen LogP contribution in [0, 0.1) is 6.92 Å². The highest BCUT2D eigenvalue weighted by atomic mass is 35.5. The molecule has 15 heavy (non-hydrogen) atoms. The average Bonchev–Trinajstić information content (AvgIpc) is 2.67. The molecule has 80 valence electrons. The van der Waals surface area contributed by atoms with Crippen LogP contribution in [0.3, 0.4) is 0 Å². The number of halogens is 1. The van der Waals surface area contributed by atoms with Crippen molar-refractivity contribution in [2.75, 3.05) is 0 Å². The summed E-state index contributed by atoms with van der Waals surface area (Å²) in [6.45, 7) is 2.60. The second kappa shape index (κ2) is 4.96. The Bertz CT molecular complexity index is 420. The largest absolute Gasteiger partial charge is 0.326 e. The van der Waals surface area contributed by atoms with Crippen LogP contribution in [0.5, 0.6) is 0 Å². The van der Waals surface area contributed by atoms with Gasteiger partial charge < -0.3 is 5.73 Å². The molecule has 2 aromatic rings. The number of benzene rings is 1. The maximum atomic E-state index is 5.51. The highest BCUT2D eigenvalue weighted by molar-refractivity contribution is 5.85. The van der Waals surface area contributed by atoms with Crippen LogP contribution in [0.2, 0.25) is 0 Å². The third kappa shape index (κ3) is 2.58. The van der Waals surface area contributed by atoms with E-state index in [2.05, 4.69) is 24.2 Å². The zero-order valence-electron chi connectivity index (χ0n) is 8.55. The Morgan fingerprint density at radius 3 is 2.47 bits per heavy atom. The first-order valence-corrected chi connectivity index (χ1v) is 4.60. The van der Waals surface area contributed by atoms with Gasteiger partial charge in [-0.25, -0.2) is 4.68 Å². The van der Waals surface area contributed by atoms with E-state index in [-0.39, 0.29) is 12.4 Å². The standard InChI is InChI=1S/C11H13N3.ClH/c1-9-2-4-11(5-3-9)14-8-10(6-12)7-13-14;/h2-5,7-8H,6,12H2,1H3;1H. The van der Waals surface area contributed by atoms with Crippen LogP contribution in [0.4, 0.5) is 0 Å². The lowest BCUT2D eigenvalue weighted by molar-refractivity contribution is 0.879. The Labute approximate surface area is 95.3 Å². The van der Waals surface area contributed by atoms with Gasteiger partial charge in [-0.3, -0.25) is 0 Å². The fourth-order valence-electron chi connectivity index (χ4n) is 1.30. The van der Waals surface area contributed by atoms with Gasteiger partial charge in [-0.2, -0.15) is 5.10 Å². The molecule has 0 atom stereocenters. The monoisotopic (exact) mass is 223 g/mol. The average molecular weight is 224 g/mol. The molecule has 0 aliphatic heterocycles. The van der Waals surface area contributed by atoms with Gasteiger partial charge in [0.1, 0.15) is 0 Å². The first kappa shape index (κ1) is 11.8. The van der Waals surface area contributed by atoms with E-state index in [1.54, 1.807) is 6.20 Å². The molecular weight excluding hydrogens is 210 g/mol. The van der Waals surface area contributed by atoms with Crippen LogP contribution in [0.15, 0.2) is 36.7 Å². The highest BCUT2D eigenvalue weighted by Gasteiger charge is 1.98. The number of nitrogens with zero attached hydrogens (tertiary/aromatic N) is 2. The second-order valence-corrected chi connectivity index (χ2v) is 3.33. The van der Waals surface area contributed by atoms with Crippen molar-refractivity contribution >= 4 is 12.4 Å². The Kier molecular flexibility index (Phi) is 3.88. The molecule has 2 rings (SSSR count). The van der Waals surface area contributed by atoms with Gasteiger partial charge in [0.15, 0.2) is 0 Å². The molecule has 0 radical (unpaired) electrons. The van der Waals surface area contributed by atoms with Crippen LogP contribution in [0.1, 0.15) is 11.1 Å². The van der Waals surface area contributed by atoms with E-state index < -0.39 is 0 Å². The summed E-state index contributed by atoms with van der Waals surface area (Å²) in [4.78, 5) is 0. The van der Waals surface area contributed by atoms with Gasteiger partial charge >= 0.3 is 0 Å². The van der Waals surface area contributed by atoms with Gasteiger partial charge in [-0.05, 0) is 19.1 Å². The molecule has 1 heterocycles. The smallest absolute Gasteiger partial charge is 0.0645 e. The Hall–Kier alpha value is -1.32. The van der Waals surface area contributed by atoms with Gasteiger partial charge in [0.05, 0.1) is 11.9 Å². The molecule has 0 spiro atoms. The molecule has 0 fully saturated rings. The molecule has 0 saturated carbocycles. The van der Waals surface area contributed by atoms with Gasteiger partial charge in [0.2, 0.25) is 0 Å². The van der Waals surface area contributed by atoms with Crippen LogP contribution in [0.25, 0.3) is 5.69 Å². The van der Waals surface area contributed by atoms with Crippen molar-refractivity contribution in [1.29, 1.82) is 0 Å². The molecule has 3 nitrogen and oxygen atoms in total. The lowest BCUT2D eigenvalue weighted by atomic mass is 10.2. The second-order valence-electron chi connectivity index (χ2n) is 3.33. The number of aromatic nitrogens is 2. The Morgan fingerprint density at radius 2 is 1.93 bits per heavy atom. The van der Waals surface area contributed by atoms with Crippen molar-refractivity contribution in [3.63, 3.8) is 0 Å². The zero-order chi connectivity index (χ0) is 9.97. The van der Waals surface area contributed by atoms with E-state index in [1.807, 2.05) is 23.0 Å². The van der Waals surface area contributed by atoms with Crippen LogP contribution in [-0.2, 0) is 6.54 Å². The molecule has 0 unspecified atom stereocenters. The molecule has 0 saturated heterocycles. The third-order valence-corrected chi connectivity index (χ3v) is 2.17. The Balaban J connectivity index is 0.00000112. The Morgan fingerprint density at radius 1 is 1.27 bits per heavy atom. The number of rotatable bonds is 2. The van der Waals surface area contributed by atoms with Crippen LogP contribution in [-0.4, -0.2) is 9.78 Å². The number of hydrogen-bond donors (Lipinski definition) is 1. The van der Waals surface area contributed by atoms with E-state index in [4.69, 9.17) is 5.73 Å². The van der Waals surface area contributed by atoms with Gasteiger partial charge in [-0.15, -0.1) is 12.4 Å². The maximum Gasteiger partial charge on any atom is 0.0645 e. The normalized spacial score (nSPS) is 9.73. The summed E-state index contributed by atoms with van der Waals surface area (Å²) in [7, 11) is 0. The maximum absolute atomic E-state index is 5.51. The fourth-order valence-corrected chi connectivity index (χ4v) is 1.30. The molecule has 4 heteroatoms. The van der Waals surface area contributed by atoms with Crippen molar-refractivity contribution in [3.05, 3.63) is 47.8 Å². The third-order valence-electron chi connectivity index (χ3n) is 2.17. The molecule has 0 aliphatic rings. The molecule has 1 aromatic carbocycles. The molecule has 0 bridgehead atoms. The van der Waals surface area contributed by atoms with Crippen LogP contribution < -0.4 is 5.73 Å². The SMILES string of the molecule is Cc1ccc(-n2cc(CN)cn2)cc1.Cl. The number of hydrogen-bond acceptors (Lipinski definition) is 2. The first-order valence-electron chi connectivity index (χ1n) is 4.60. The van der Waals surface area contributed by atoms with E-state index in [1.165, 1.54) is 5.56 Å². The minimum atomic E-state index is 0. The topological polar surface area (TPSA) is 43.8 Å². The molecule has 1 aromatic heterocycles. The predicted molar refractivity (Wildman–Crippen MR) is 63.4 cm³/mol. The minimum Gasteiger partial charge on any atom is -0.326 e. The number of aryl methyl sites for hydroxylation is 1. The van der Waals surface area contributed by atoms with E-state index in [0.717, 1.165) is 11.3 Å². The molecule has 2 N–H and O–H groups in total.